The zero-order chi connectivity index (χ0) is 14.7. The number of aliphatic hydroxyl groups excluding tert-OH is 1. The van der Waals surface area contributed by atoms with E-state index in [1.807, 2.05) is 25.1 Å². The maximum Gasteiger partial charge on any atom is 0.129 e. The van der Waals surface area contributed by atoms with Crippen molar-refractivity contribution in [3.05, 3.63) is 53.7 Å². The molecule has 4 heteroatoms. The van der Waals surface area contributed by atoms with Crippen molar-refractivity contribution in [2.75, 3.05) is 36.0 Å². The number of benzene rings is 1. The number of piperazine rings is 1. The SMILES string of the molecule is Cc1cc(CO)cc(N2CCN(c3ccccc3)CC2)n1. The molecule has 1 N–H and O–H groups in total. The van der Waals surface area contributed by atoms with E-state index < -0.39 is 0 Å². The van der Waals surface area contributed by atoms with Gasteiger partial charge in [-0.25, -0.2) is 4.98 Å². The lowest BCUT2D eigenvalue weighted by atomic mass is 10.2. The Kier molecular flexibility index (Phi) is 4.06. The molecule has 21 heavy (non-hydrogen) atoms. The second-order valence-electron chi connectivity index (χ2n) is 5.44. The fraction of sp³-hybridized carbons (Fsp3) is 0.353. The van der Waals surface area contributed by atoms with Gasteiger partial charge >= 0.3 is 0 Å². The molecular formula is C17H21N3O. The van der Waals surface area contributed by atoms with E-state index >= 15 is 0 Å². The lowest BCUT2D eigenvalue weighted by molar-refractivity contribution is 0.281. The van der Waals surface area contributed by atoms with Gasteiger partial charge < -0.3 is 14.9 Å². The molecule has 110 valence electrons. The first-order chi connectivity index (χ1) is 10.3. The van der Waals surface area contributed by atoms with Gasteiger partial charge in [0, 0.05) is 37.6 Å². The van der Waals surface area contributed by atoms with E-state index in [1.54, 1.807) is 0 Å². The van der Waals surface area contributed by atoms with Crippen LogP contribution in [0, 0.1) is 6.92 Å². The quantitative estimate of drug-likeness (QED) is 0.937. The Hall–Kier alpha value is -2.07. The molecule has 4 nitrogen and oxygen atoms in total. The molecule has 1 aliphatic rings. The van der Waals surface area contributed by atoms with E-state index in [9.17, 15) is 5.11 Å². The van der Waals surface area contributed by atoms with Crippen LogP contribution in [0.3, 0.4) is 0 Å². The first kappa shape index (κ1) is 13.9. The number of hydrogen-bond acceptors (Lipinski definition) is 4. The van der Waals surface area contributed by atoms with Gasteiger partial charge in [-0.2, -0.15) is 0 Å². The van der Waals surface area contributed by atoms with Gasteiger partial charge in [-0.15, -0.1) is 0 Å². The highest BCUT2D eigenvalue weighted by molar-refractivity contribution is 5.50. The predicted octanol–water partition coefficient (Wildman–Crippen LogP) is 2.21. The van der Waals surface area contributed by atoms with E-state index in [4.69, 9.17) is 0 Å². The van der Waals surface area contributed by atoms with E-state index in [-0.39, 0.29) is 6.61 Å². The van der Waals surface area contributed by atoms with Crippen LogP contribution in [-0.2, 0) is 6.61 Å². The van der Waals surface area contributed by atoms with Gasteiger partial charge in [0.1, 0.15) is 5.82 Å². The topological polar surface area (TPSA) is 39.6 Å². The summed E-state index contributed by atoms with van der Waals surface area (Å²) in [4.78, 5) is 9.30. The fourth-order valence-electron chi connectivity index (χ4n) is 2.81. The minimum Gasteiger partial charge on any atom is -0.392 e. The summed E-state index contributed by atoms with van der Waals surface area (Å²) in [5.74, 6) is 0.978. The Morgan fingerprint density at radius 1 is 1.00 bits per heavy atom. The smallest absolute Gasteiger partial charge is 0.129 e. The molecular weight excluding hydrogens is 262 g/mol. The third-order valence-corrected chi connectivity index (χ3v) is 3.91. The van der Waals surface area contributed by atoms with Crippen molar-refractivity contribution < 1.29 is 5.11 Å². The summed E-state index contributed by atoms with van der Waals surface area (Å²) in [7, 11) is 0. The van der Waals surface area contributed by atoms with Gasteiger partial charge in [-0.3, -0.25) is 0 Å². The van der Waals surface area contributed by atoms with Gasteiger partial charge in [0.25, 0.3) is 0 Å². The van der Waals surface area contributed by atoms with Crippen molar-refractivity contribution in [3.8, 4) is 0 Å². The number of aryl methyl sites for hydroxylation is 1. The summed E-state index contributed by atoms with van der Waals surface area (Å²) in [6, 6.07) is 14.4. The van der Waals surface area contributed by atoms with Crippen molar-refractivity contribution >= 4 is 11.5 Å². The van der Waals surface area contributed by atoms with Crippen molar-refractivity contribution in [1.29, 1.82) is 0 Å². The second-order valence-corrected chi connectivity index (χ2v) is 5.44. The number of pyridine rings is 1. The van der Waals surface area contributed by atoms with Crippen LogP contribution in [0.5, 0.6) is 0 Å². The summed E-state index contributed by atoms with van der Waals surface area (Å²) in [6.07, 6.45) is 0. The first-order valence-corrected chi connectivity index (χ1v) is 7.39. The number of rotatable bonds is 3. The monoisotopic (exact) mass is 283 g/mol. The van der Waals surface area contributed by atoms with Gasteiger partial charge in [0.2, 0.25) is 0 Å². The minimum atomic E-state index is 0.0698. The van der Waals surface area contributed by atoms with E-state index in [2.05, 4.69) is 39.0 Å². The predicted molar refractivity (Wildman–Crippen MR) is 85.8 cm³/mol. The molecule has 3 rings (SSSR count). The molecule has 0 spiro atoms. The lowest BCUT2D eigenvalue weighted by Crippen LogP contribution is -2.46. The van der Waals surface area contributed by atoms with Gasteiger partial charge in [-0.1, -0.05) is 18.2 Å². The minimum absolute atomic E-state index is 0.0698. The van der Waals surface area contributed by atoms with Crippen molar-refractivity contribution in [2.45, 2.75) is 13.5 Å². The molecule has 0 amide bonds. The molecule has 0 bridgehead atoms. The summed E-state index contributed by atoms with van der Waals surface area (Å²) in [5, 5.41) is 9.32. The highest BCUT2D eigenvalue weighted by atomic mass is 16.3. The molecule has 1 saturated heterocycles. The maximum absolute atomic E-state index is 9.32. The zero-order valence-electron chi connectivity index (χ0n) is 12.4. The van der Waals surface area contributed by atoms with E-state index in [1.165, 1.54) is 5.69 Å². The Morgan fingerprint density at radius 2 is 1.67 bits per heavy atom. The summed E-state index contributed by atoms with van der Waals surface area (Å²) >= 11 is 0. The highest BCUT2D eigenvalue weighted by Crippen LogP contribution is 2.20. The number of hydrogen-bond donors (Lipinski definition) is 1. The zero-order valence-corrected chi connectivity index (χ0v) is 12.4. The molecule has 1 aromatic carbocycles. The van der Waals surface area contributed by atoms with Crippen LogP contribution in [0.1, 0.15) is 11.3 Å². The summed E-state index contributed by atoms with van der Waals surface area (Å²) in [6.45, 7) is 5.94. The van der Waals surface area contributed by atoms with Crippen LogP contribution >= 0.6 is 0 Å². The molecule has 2 aromatic rings. The average Bonchev–Trinajstić information content (AvgIpc) is 2.55. The van der Waals surface area contributed by atoms with E-state index in [0.29, 0.717) is 0 Å². The molecule has 1 aromatic heterocycles. The summed E-state index contributed by atoms with van der Waals surface area (Å²) < 4.78 is 0. The third-order valence-electron chi connectivity index (χ3n) is 3.91. The Morgan fingerprint density at radius 3 is 2.33 bits per heavy atom. The molecule has 0 aliphatic carbocycles. The summed E-state index contributed by atoms with van der Waals surface area (Å²) in [5.41, 5.74) is 3.18. The van der Waals surface area contributed by atoms with Gasteiger partial charge in [-0.05, 0) is 36.8 Å². The van der Waals surface area contributed by atoms with Crippen molar-refractivity contribution in [1.82, 2.24) is 4.98 Å². The number of nitrogens with zero attached hydrogens (tertiary/aromatic N) is 3. The van der Waals surface area contributed by atoms with Crippen molar-refractivity contribution in [3.63, 3.8) is 0 Å². The highest BCUT2D eigenvalue weighted by Gasteiger charge is 2.18. The fourth-order valence-corrected chi connectivity index (χ4v) is 2.81. The van der Waals surface area contributed by atoms with E-state index in [0.717, 1.165) is 43.3 Å². The molecule has 2 heterocycles. The van der Waals surface area contributed by atoms with Crippen LogP contribution in [0.25, 0.3) is 0 Å². The standard InChI is InChI=1S/C17H21N3O/c1-14-11-15(13-21)12-17(18-14)20-9-7-19(8-10-20)16-5-3-2-4-6-16/h2-6,11-12,21H,7-10,13H2,1H3. The molecule has 0 radical (unpaired) electrons. The van der Waals surface area contributed by atoms with Crippen LogP contribution in [0.15, 0.2) is 42.5 Å². The number of para-hydroxylation sites is 1. The van der Waals surface area contributed by atoms with Crippen LogP contribution in [0.2, 0.25) is 0 Å². The normalized spacial score (nSPS) is 15.3. The van der Waals surface area contributed by atoms with Gasteiger partial charge in [0.15, 0.2) is 0 Å². The second kappa shape index (κ2) is 6.14. The molecule has 0 saturated carbocycles. The first-order valence-electron chi connectivity index (χ1n) is 7.39. The Labute approximate surface area is 125 Å². The molecule has 1 fully saturated rings. The van der Waals surface area contributed by atoms with Gasteiger partial charge in [0.05, 0.1) is 6.61 Å². The number of aliphatic hydroxyl groups is 1. The number of aromatic nitrogens is 1. The molecule has 0 atom stereocenters. The Balaban J connectivity index is 1.70. The Bertz CT molecular complexity index is 592. The van der Waals surface area contributed by atoms with Crippen LogP contribution < -0.4 is 9.80 Å². The van der Waals surface area contributed by atoms with Crippen LogP contribution in [0.4, 0.5) is 11.5 Å². The number of anilines is 2. The van der Waals surface area contributed by atoms with Crippen molar-refractivity contribution in [2.24, 2.45) is 0 Å². The van der Waals surface area contributed by atoms with Crippen LogP contribution in [-0.4, -0.2) is 36.3 Å². The molecule has 1 aliphatic heterocycles. The maximum atomic E-state index is 9.32. The largest absolute Gasteiger partial charge is 0.392 e. The average molecular weight is 283 g/mol. The third kappa shape index (κ3) is 3.16. The lowest BCUT2D eigenvalue weighted by Gasteiger charge is -2.37. The molecule has 0 unspecified atom stereocenters.